The molecule has 104 valence electrons. The lowest BCUT2D eigenvalue weighted by atomic mass is 10.6. The van der Waals surface area contributed by atoms with Gasteiger partial charge in [0.2, 0.25) is 0 Å². The molecule has 6 nitrogen and oxygen atoms in total. The van der Waals surface area contributed by atoms with Crippen molar-refractivity contribution in [1.29, 1.82) is 0 Å². The molecule has 0 aromatic carbocycles. The first-order valence-electron chi connectivity index (χ1n) is 6.24. The van der Waals surface area contributed by atoms with Crippen LogP contribution in [0.15, 0.2) is 16.6 Å². The number of rotatable bonds is 5. The van der Waals surface area contributed by atoms with E-state index < -0.39 is 10.0 Å². The Morgan fingerprint density at radius 1 is 1.58 bits per heavy atom. The smallest absolute Gasteiger partial charge is 0.263 e. The Balaban J connectivity index is 2.18. The van der Waals surface area contributed by atoms with Gasteiger partial charge in [-0.3, -0.25) is 4.40 Å². The number of hydrogen-bond acceptors (Lipinski definition) is 5. The number of aromatic nitrogens is 2. The van der Waals surface area contributed by atoms with Crippen molar-refractivity contribution in [3.63, 3.8) is 0 Å². The van der Waals surface area contributed by atoms with E-state index in [9.17, 15) is 8.42 Å². The van der Waals surface area contributed by atoms with Crippen molar-refractivity contribution in [1.82, 2.24) is 13.7 Å². The predicted molar refractivity (Wildman–Crippen MR) is 75.2 cm³/mol. The average Bonchev–Trinajstić information content (AvgIpc) is 2.97. The monoisotopic (exact) mass is 300 g/mol. The molecular formula is C11H16N4O2S2. The van der Waals surface area contributed by atoms with Gasteiger partial charge >= 0.3 is 0 Å². The lowest BCUT2D eigenvalue weighted by Gasteiger charge is -2.19. The van der Waals surface area contributed by atoms with Crippen molar-refractivity contribution in [2.75, 3.05) is 18.9 Å². The molecule has 0 aliphatic heterocycles. The summed E-state index contributed by atoms with van der Waals surface area (Å²) in [5, 5.41) is 4.98. The Kier molecular flexibility index (Phi) is 3.03. The van der Waals surface area contributed by atoms with Gasteiger partial charge in [0, 0.05) is 31.2 Å². The van der Waals surface area contributed by atoms with Crippen LogP contribution in [0.1, 0.15) is 19.8 Å². The van der Waals surface area contributed by atoms with Crippen LogP contribution in [0.4, 0.5) is 5.82 Å². The lowest BCUT2D eigenvalue weighted by Crippen LogP contribution is -2.34. The third-order valence-electron chi connectivity index (χ3n) is 3.27. The normalized spacial score (nSPS) is 16.4. The van der Waals surface area contributed by atoms with Crippen LogP contribution in [0.2, 0.25) is 0 Å². The van der Waals surface area contributed by atoms with E-state index >= 15 is 0 Å². The largest absolute Gasteiger partial charge is 0.371 e. The van der Waals surface area contributed by atoms with Crippen LogP contribution in [0.3, 0.4) is 0 Å². The molecule has 1 fully saturated rings. The van der Waals surface area contributed by atoms with E-state index in [1.54, 1.807) is 22.0 Å². The second-order valence-electron chi connectivity index (χ2n) is 4.51. The number of hydrogen-bond donors (Lipinski definition) is 1. The molecule has 0 radical (unpaired) electrons. The van der Waals surface area contributed by atoms with Gasteiger partial charge in [-0.2, -0.15) is 4.31 Å². The van der Waals surface area contributed by atoms with Crippen LogP contribution in [0.25, 0.3) is 4.96 Å². The van der Waals surface area contributed by atoms with Gasteiger partial charge in [-0.25, -0.2) is 13.4 Å². The molecule has 1 aliphatic carbocycles. The minimum Gasteiger partial charge on any atom is -0.371 e. The fourth-order valence-electron chi connectivity index (χ4n) is 2.27. The molecule has 2 heterocycles. The maximum atomic E-state index is 12.8. The SMILES string of the molecule is CCN(C1CC1)S(=O)(=O)c1c(NC)nc2sccn12. The first kappa shape index (κ1) is 12.9. The fourth-order valence-corrected chi connectivity index (χ4v) is 5.00. The van der Waals surface area contributed by atoms with Crippen molar-refractivity contribution < 1.29 is 8.42 Å². The molecule has 8 heteroatoms. The van der Waals surface area contributed by atoms with Gasteiger partial charge in [0.25, 0.3) is 10.0 Å². The molecule has 0 atom stereocenters. The van der Waals surface area contributed by atoms with E-state index in [4.69, 9.17) is 0 Å². The van der Waals surface area contributed by atoms with Crippen LogP contribution in [-0.2, 0) is 10.0 Å². The topological polar surface area (TPSA) is 66.7 Å². The van der Waals surface area contributed by atoms with E-state index in [0.29, 0.717) is 17.3 Å². The number of nitrogens with one attached hydrogen (secondary N) is 1. The standard InChI is InChI=1S/C11H16N4O2S2/c1-3-15(8-4-5-8)19(16,17)10-9(12-2)13-11-14(10)6-7-18-11/h6-8,12H,3-5H2,1-2H3. The van der Waals surface area contributed by atoms with Gasteiger partial charge in [-0.05, 0) is 12.8 Å². The van der Waals surface area contributed by atoms with Crippen LogP contribution in [-0.4, -0.2) is 41.7 Å². The van der Waals surface area contributed by atoms with Gasteiger partial charge in [-0.15, -0.1) is 11.3 Å². The summed E-state index contributed by atoms with van der Waals surface area (Å²) in [6.07, 6.45) is 3.66. The van der Waals surface area contributed by atoms with E-state index in [1.165, 1.54) is 11.3 Å². The third-order valence-corrected chi connectivity index (χ3v) is 6.08. The lowest BCUT2D eigenvalue weighted by molar-refractivity contribution is 0.418. The number of nitrogens with zero attached hydrogens (tertiary/aromatic N) is 3. The minimum atomic E-state index is -3.51. The molecule has 0 amide bonds. The highest BCUT2D eigenvalue weighted by Gasteiger charge is 2.40. The molecule has 2 aromatic rings. The number of fused-ring (bicyclic) bond motifs is 1. The first-order chi connectivity index (χ1) is 9.09. The van der Waals surface area contributed by atoms with Gasteiger partial charge in [0.1, 0.15) is 0 Å². The zero-order chi connectivity index (χ0) is 13.6. The number of sulfonamides is 1. The van der Waals surface area contributed by atoms with E-state index in [-0.39, 0.29) is 11.1 Å². The molecule has 0 spiro atoms. The maximum Gasteiger partial charge on any atom is 0.263 e. The van der Waals surface area contributed by atoms with Crippen molar-refractivity contribution >= 4 is 32.1 Å². The van der Waals surface area contributed by atoms with Crippen LogP contribution >= 0.6 is 11.3 Å². The molecule has 0 saturated heterocycles. The molecule has 1 N–H and O–H groups in total. The van der Waals surface area contributed by atoms with Crippen molar-refractivity contribution in [3.8, 4) is 0 Å². The summed E-state index contributed by atoms with van der Waals surface area (Å²) >= 11 is 1.43. The van der Waals surface area contributed by atoms with Crippen LogP contribution in [0, 0.1) is 0 Å². The molecular weight excluding hydrogens is 284 g/mol. The average molecular weight is 300 g/mol. The summed E-state index contributed by atoms with van der Waals surface area (Å²) < 4.78 is 28.9. The highest BCUT2D eigenvalue weighted by atomic mass is 32.2. The Morgan fingerprint density at radius 3 is 2.89 bits per heavy atom. The number of thiazole rings is 1. The second-order valence-corrected chi connectivity index (χ2v) is 7.19. The van der Waals surface area contributed by atoms with E-state index in [2.05, 4.69) is 10.3 Å². The number of imidazole rings is 1. The Morgan fingerprint density at radius 2 is 2.32 bits per heavy atom. The molecule has 3 rings (SSSR count). The van der Waals surface area contributed by atoms with Gasteiger partial charge in [0.05, 0.1) is 0 Å². The summed E-state index contributed by atoms with van der Waals surface area (Å²) in [6, 6.07) is 0.156. The summed E-state index contributed by atoms with van der Waals surface area (Å²) in [4.78, 5) is 5.01. The minimum absolute atomic E-state index is 0.156. The molecule has 1 saturated carbocycles. The molecule has 2 aromatic heterocycles. The summed E-state index contributed by atoms with van der Waals surface area (Å²) in [7, 11) is -1.81. The third kappa shape index (κ3) is 1.94. The summed E-state index contributed by atoms with van der Waals surface area (Å²) in [6.45, 7) is 2.37. The summed E-state index contributed by atoms with van der Waals surface area (Å²) in [5.41, 5.74) is 0. The predicted octanol–water partition coefficient (Wildman–Crippen LogP) is 1.61. The van der Waals surface area contributed by atoms with Crippen molar-refractivity contribution in [2.45, 2.75) is 30.8 Å². The Hall–Kier alpha value is -1.12. The van der Waals surface area contributed by atoms with E-state index in [0.717, 1.165) is 12.8 Å². The van der Waals surface area contributed by atoms with Crippen molar-refractivity contribution in [3.05, 3.63) is 11.6 Å². The zero-order valence-electron chi connectivity index (χ0n) is 10.8. The molecule has 0 bridgehead atoms. The maximum absolute atomic E-state index is 12.8. The fraction of sp³-hybridized carbons (Fsp3) is 0.545. The zero-order valence-corrected chi connectivity index (χ0v) is 12.5. The molecule has 19 heavy (non-hydrogen) atoms. The quantitative estimate of drug-likeness (QED) is 0.911. The van der Waals surface area contributed by atoms with Crippen LogP contribution < -0.4 is 5.32 Å². The Bertz CT molecular complexity index is 699. The Labute approximate surface area is 116 Å². The molecule has 0 unspecified atom stereocenters. The highest BCUT2D eigenvalue weighted by Crippen LogP contribution is 2.34. The second kappa shape index (κ2) is 4.46. The summed E-state index contributed by atoms with van der Waals surface area (Å²) in [5.74, 6) is 0.422. The first-order valence-corrected chi connectivity index (χ1v) is 8.56. The van der Waals surface area contributed by atoms with Gasteiger partial charge < -0.3 is 5.32 Å². The van der Waals surface area contributed by atoms with E-state index in [1.807, 2.05) is 12.3 Å². The van der Waals surface area contributed by atoms with Crippen LogP contribution in [0.5, 0.6) is 0 Å². The van der Waals surface area contributed by atoms with Crippen molar-refractivity contribution in [2.24, 2.45) is 0 Å². The van der Waals surface area contributed by atoms with Gasteiger partial charge in [-0.1, -0.05) is 6.92 Å². The van der Waals surface area contributed by atoms with Gasteiger partial charge in [0.15, 0.2) is 15.8 Å². The number of anilines is 1. The molecule has 1 aliphatic rings. The highest BCUT2D eigenvalue weighted by molar-refractivity contribution is 7.89.